The van der Waals surface area contributed by atoms with E-state index in [0.717, 1.165) is 23.5 Å². The van der Waals surface area contributed by atoms with Crippen molar-refractivity contribution < 1.29 is 8.78 Å². The number of alkyl halides is 1. The van der Waals surface area contributed by atoms with E-state index in [1.165, 1.54) is 24.3 Å². The highest BCUT2D eigenvalue weighted by molar-refractivity contribution is 9.08. The third kappa shape index (κ3) is 3.13. The number of hydrogen-bond donors (Lipinski definition) is 0. The molecule has 0 atom stereocenters. The van der Waals surface area contributed by atoms with Crippen molar-refractivity contribution in [2.24, 2.45) is 0 Å². The molecule has 1 nitrogen and oxygen atoms in total. The highest BCUT2D eigenvalue weighted by atomic mass is 79.9. The predicted molar refractivity (Wildman–Crippen MR) is 78.1 cm³/mol. The Balaban J connectivity index is 2.44. The molecule has 19 heavy (non-hydrogen) atoms. The van der Waals surface area contributed by atoms with Crippen molar-refractivity contribution in [2.45, 2.75) is 12.3 Å². The van der Waals surface area contributed by atoms with Crippen LogP contribution in [0.3, 0.4) is 0 Å². The van der Waals surface area contributed by atoms with Gasteiger partial charge in [-0.1, -0.05) is 15.9 Å². The molecule has 0 aliphatic carbocycles. The zero-order valence-corrected chi connectivity index (χ0v) is 12.1. The van der Waals surface area contributed by atoms with E-state index in [1.807, 2.05) is 11.8 Å². The first-order chi connectivity index (χ1) is 9.15. The van der Waals surface area contributed by atoms with Crippen LogP contribution in [0.15, 0.2) is 42.5 Å². The number of hydrogen-bond acceptors (Lipinski definition) is 1. The fourth-order valence-corrected chi connectivity index (χ4v) is 2.49. The van der Waals surface area contributed by atoms with E-state index in [9.17, 15) is 8.78 Å². The molecule has 0 spiro atoms. The molecule has 0 saturated heterocycles. The molecule has 0 aromatic heterocycles. The summed E-state index contributed by atoms with van der Waals surface area (Å²) in [6.07, 6.45) is 0. The Morgan fingerprint density at radius 3 is 2.21 bits per heavy atom. The molecular weight excluding hydrogens is 312 g/mol. The lowest BCUT2D eigenvalue weighted by molar-refractivity contribution is 0.626. The molecule has 0 amide bonds. The second-order valence-electron chi connectivity index (χ2n) is 4.13. The third-order valence-corrected chi connectivity index (χ3v) is 3.53. The van der Waals surface area contributed by atoms with Crippen LogP contribution >= 0.6 is 15.9 Å². The quantitative estimate of drug-likeness (QED) is 0.713. The van der Waals surface area contributed by atoms with E-state index >= 15 is 0 Å². The topological polar surface area (TPSA) is 3.24 Å². The first kappa shape index (κ1) is 14.0. The average Bonchev–Trinajstić information content (AvgIpc) is 2.43. The number of benzene rings is 2. The zero-order valence-electron chi connectivity index (χ0n) is 10.5. The van der Waals surface area contributed by atoms with Crippen molar-refractivity contribution in [3.05, 3.63) is 59.7 Å². The van der Waals surface area contributed by atoms with Crippen molar-refractivity contribution in [1.82, 2.24) is 0 Å². The molecule has 0 aliphatic heterocycles. The number of anilines is 2. The molecule has 0 radical (unpaired) electrons. The summed E-state index contributed by atoms with van der Waals surface area (Å²) in [6, 6.07) is 11.0. The largest absolute Gasteiger partial charge is 0.342 e. The van der Waals surface area contributed by atoms with Gasteiger partial charge in [0.25, 0.3) is 0 Å². The molecule has 0 saturated carbocycles. The van der Waals surface area contributed by atoms with Gasteiger partial charge in [0.15, 0.2) is 0 Å². The van der Waals surface area contributed by atoms with Crippen molar-refractivity contribution in [1.29, 1.82) is 0 Å². The van der Waals surface area contributed by atoms with Crippen LogP contribution in [0.5, 0.6) is 0 Å². The maximum atomic E-state index is 13.3. The van der Waals surface area contributed by atoms with E-state index in [0.29, 0.717) is 5.33 Å². The number of rotatable bonds is 4. The van der Waals surface area contributed by atoms with Crippen LogP contribution in [-0.4, -0.2) is 6.54 Å². The molecule has 2 rings (SSSR count). The van der Waals surface area contributed by atoms with Crippen LogP contribution in [0.25, 0.3) is 0 Å². The van der Waals surface area contributed by atoms with Gasteiger partial charge in [-0.15, -0.1) is 0 Å². The summed E-state index contributed by atoms with van der Waals surface area (Å²) < 4.78 is 26.2. The summed E-state index contributed by atoms with van der Waals surface area (Å²) in [4.78, 5) is 2.02. The summed E-state index contributed by atoms with van der Waals surface area (Å²) in [6.45, 7) is 2.72. The van der Waals surface area contributed by atoms with E-state index < -0.39 is 0 Å². The van der Waals surface area contributed by atoms with Gasteiger partial charge in [0.1, 0.15) is 11.6 Å². The second-order valence-corrected chi connectivity index (χ2v) is 4.69. The molecule has 100 valence electrons. The summed E-state index contributed by atoms with van der Waals surface area (Å²) >= 11 is 3.37. The molecule has 2 aromatic carbocycles. The Kier molecular flexibility index (Phi) is 4.53. The van der Waals surface area contributed by atoms with Crippen LogP contribution in [-0.2, 0) is 5.33 Å². The van der Waals surface area contributed by atoms with Gasteiger partial charge in [-0.25, -0.2) is 8.78 Å². The highest BCUT2D eigenvalue weighted by Crippen LogP contribution is 2.30. The van der Waals surface area contributed by atoms with E-state index in [2.05, 4.69) is 15.9 Å². The van der Waals surface area contributed by atoms with Gasteiger partial charge in [-0.05, 0) is 55.0 Å². The number of halogens is 3. The van der Waals surface area contributed by atoms with Gasteiger partial charge in [0.05, 0.1) is 0 Å². The SMILES string of the molecule is CCN(c1ccc(F)cc1)c1ccc(F)cc1CBr. The fourth-order valence-electron chi connectivity index (χ4n) is 2.04. The molecule has 0 bridgehead atoms. The first-order valence-corrected chi connectivity index (χ1v) is 7.15. The maximum absolute atomic E-state index is 13.3. The Hall–Kier alpha value is -1.42. The summed E-state index contributed by atoms with van der Waals surface area (Å²) in [7, 11) is 0. The van der Waals surface area contributed by atoms with Crippen LogP contribution in [0.1, 0.15) is 12.5 Å². The third-order valence-electron chi connectivity index (χ3n) is 2.93. The highest BCUT2D eigenvalue weighted by Gasteiger charge is 2.12. The van der Waals surface area contributed by atoms with Gasteiger partial charge in [0.2, 0.25) is 0 Å². The molecule has 0 unspecified atom stereocenters. The number of nitrogens with zero attached hydrogens (tertiary/aromatic N) is 1. The Bertz CT molecular complexity index is 555. The van der Waals surface area contributed by atoms with Gasteiger partial charge < -0.3 is 4.90 Å². The van der Waals surface area contributed by atoms with Crippen LogP contribution in [0, 0.1) is 11.6 Å². The minimum atomic E-state index is -0.264. The lowest BCUT2D eigenvalue weighted by Gasteiger charge is -2.25. The molecule has 0 heterocycles. The molecule has 4 heteroatoms. The minimum Gasteiger partial charge on any atom is -0.342 e. The second kappa shape index (κ2) is 6.15. The van der Waals surface area contributed by atoms with Crippen molar-refractivity contribution >= 4 is 27.3 Å². The lowest BCUT2D eigenvalue weighted by Crippen LogP contribution is -2.17. The van der Waals surface area contributed by atoms with Crippen molar-refractivity contribution in [3.8, 4) is 0 Å². The molecular formula is C15H14BrF2N. The normalized spacial score (nSPS) is 10.5. The first-order valence-electron chi connectivity index (χ1n) is 6.03. The smallest absolute Gasteiger partial charge is 0.123 e. The predicted octanol–water partition coefficient (Wildman–Crippen LogP) is 5.02. The van der Waals surface area contributed by atoms with Gasteiger partial charge in [0, 0.05) is 23.2 Å². The lowest BCUT2D eigenvalue weighted by atomic mass is 10.1. The van der Waals surface area contributed by atoms with Gasteiger partial charge in [-0.2, -0.15) is 0 Å². The van der Waals surface area contributed by atoms with E-state index in [4.69, 9.17) is 0 Å². The Morgan fingerprint density at radius 1 is 1.00 bits per heavy atom. The fraction of sp³-hybridized carbons (Fsp3) is 0.200. The van der Waals surface area contributed by atoms with E-state index in [-0.39, 0.29) is 11.6 Å². The monoisotopic (exact) mass is 325 g/mol. The minimum absolute atomic E-state index is 0.256. The van der Waals surface area contributed by atoms with Crippen LogP contribution in [0.4, 0.5) is 20.2 Å². The van der Waals surface area contributed by atoms with E-state index in [1.54, 1.807) is 18.2 Å². The Morgan fingerprint density at radius 2 is 1.63 bits per heavy atom. The van der Waals surface area contributed by atoms with Crippen LogP contribution < -0.4 is 4.90 Å². The van der Waals surface area contributed by atoms with Crippen LogP contribution in [0.2, 0.25) is 0 Å². The Labute approximate surface area is 120 Å². The molecule has 0 aliphatic rings. The summed E-state index contributed by atoms with van der Waals surface area (Å²) in [5.74, 6) is -0.520. The standard InChI is InChI=1S/C15H14BrF2N/c1-2-19(14-6-3-12(17)4-7-14)15-8-5-13(18)9-11(15)10-16/h3-9H,2,10H2,1H3. The van der Waals surface area contributed by atoms with Crippen molar-refractivity contribution in [3.63, 3.8) is 0 Å². The summed E-state index contributed by atoms with van der Waals surface area (Å²) in [5, 5.41) is 0.567. The zero-order chi connectivity index (χ0) is 13.8. The average molecular weight is 326 g/mol. The van der Waals surface area contributed by atoms with Gasteiger partial charge >= 0.3 is 0 Å². The van der Waals surface area contributed by atoms with Crippen molar-refractivity contribution in [2.75, 3.05) is 11.4 Å². The molecule has 2 aromatic rings. The summed E-state index contributed by atoms with van der Waals surface area (Å²) in [5.41, 5.74) is 2.68. The molecule has 0 N–H and O–H groups in total. The molecule has 0 fully saturated rings. The van der Waals surface area contributed by atoms with Gasteiger partial charge in [-0.3, -0.25) is 0 Å². The maximum Gasteiger partial charge on any atom is 0.123 e.